The lowest BCUT2D eigenvalue weighted by Gasteiger charge is -2.28. The highest BCUT2D eigenvalue weighted by Gasteiger charge is 2.26. The minimum absolute atomic E-state index is 0.0182. The number of rotatable bonds is 14. The Morgan fingerprint density at radius 3 is 1.84 bits per heavy atom. The SMILES string of the molecule is CCCCCCCCCCOc1ccc(NC(=O)CCc2cc(C(C)(C)C)c(O)c(C(C)(C)C)c2)cc1. The normalized spacial score (nSPS) is 12.0. The lowest BCUT2D eigenvalue weighted by Crippen LogP contribution is -2.18. The second-order valence-electron chi connectivity index (χ2n) is 12.4. The molecular weight excluding hydrogens is 458 g/mol. The number of hydrogen-bond donors (Lipinski definition) is 2. The summed E-state index contributed by atoms with van der Waals surface area (Å²) in [5.41, 5.74) is 3.35. The molecule has 0 heterocycles. The van der Waals surface area contributed by atoms with Crippen LogP contribution in [0, 0.1) is 0 Å². The Hall–Kier alpha value is -2.49. The van der Waals surface area contributed by atoms with E-state index in [0.717, 1.165) is 41.2 Å². The van der Waals surface area contributed by atoms with Crippen molar-refractivity contribution in [3.8, 4) is 11.5 Å². The van der Waals surface area contributed by atoms with Crippen molar-refractivity contribution in [3.05, 3.63) is 53.1 Å². The van der Waals surface area contributed by atoms with E-state index < -0.39 is 0 Å². The molecule has 1 amide bonds. The van der Waals surface area contributed by atoms with Crippen LogP contribution in [0.2, 0.25) is 0 Å². The summed E-state index contributed by atoms with van der Waals surface area (Å²) in [4.78, 5) is 12.7. The monoisotopic (exact) mass is 509 g/mol. The van der Waals surface area contributed by atoms with Gasteiger partial charge < -0.3 is 15.2 Å². The van der Waals surface area contributed by atoms with E-state index in [0.29, 0.717) is 18.6 Å². The molecule has 0 aromatic heterocycles. The molecular formula is C33H51NO3. The molecule has 37 heavy (non-hydrogen) atoms. The first kappa shape index (κ1) is 30.7. The lowest BCUT2D eigenvalue weighted by atomic mass is 9.78. The first-order valence-corrected chi connectivity index (χ1v) is 14.3. The minimum Gasteiger partial charge on any atom is -0.507 e. The Bertz CT molecular complexity index is 930. The first-order chi connectivity index (χ1) is 17.4. The molecule has 0 fully saturated rings. The van der Waals surface area contributed by atoms with Gasteiger partial charge >= 0.3 is 0 Å². The Balaban J connectivity index is 1.82. The molecule has 0 aliphatic carbocycles. The van der Waals surface area contributed by atoms with E-state index in [4.69, 9.17) is 4.74 Å². The fraction of sp³-hybridized carbons (Fsp3) is 0.606. The quantitative estimate of drug-likeness (QED) is 0.250. The van der Waals surface area contributed by atoms with Gasteiger partial charge in [0.15, 0.2) is 0 Å². The molecule has 2 aromatic rings. The van der Waals surface area contributed by atoms with E-state index in [1.807, 2.05) is 24.3 Å². The standard InChI is InChI=1S/C33H51NO3/c1-8-9-10-11-12-13-14-15-22-37-27-19-17-26(18-20-27)34-30(35)21-16-25-23-28(32(2,3)4)31(36)29(24-25)33(5,6)7/h17-20,23-24,36H,8-16,21-22H2,1-7H3,(H,34,35). The van der Waals surface area contributed by atoms with Gasteiger partial charge in [-0.3, -0.25) is 4.79 Å². The predicted octanol–water partition coefficient (Wildman–Crippen LogP) is 9.08. The van der Waals surface area contributed by atoms with E-state index in [2.05, 4.69) is 65.9 Å². The zero-order valence-electron chi connectivity index (χ0n) is 24.5. The number of phenolic OH excluding ortho intramolecular Hbond substituents is 1. The maximum Gasteiger partial charge on any atom is 0.224 e. The Morgan fingerprint density at radius 1 is 0.811 bits per heavy atom. The fourth-order valence-electron chi connectivity index (χ4n) is 4.52. The van der Waals surface area contributed by atoms with Crippen LogP contribution in [-0.4, -0.2) is 17.6 Å². The van der Waals surface area contributed by atoms with Crippen LogP contribution in [0.25, 0.3) is 0 Å². The number of nitrogens with one attached hydrogen (secondary N) is 1. The van der Waals surface area contributed by atoms with Crippen LogP contribution in [0.3, 0.4) is 0 Å². The zero-order chi connectivity index (χ0) is 27.5. The number of anilines is 1. The minimum atomic E-state index is -0.180. The van der Waals surface area contributed by atoms with Crippen LogP contribution in [0.5, 0.6) is 11.5 Å². The second kappa shape index (κ2) is 14.4. The predicted molar refractivity (Wildman–Crippen MR) is 157 cm³/mol. The molecule has 0 aliphatic heterocycles. The van der Waals surface area contributed by atoms with Crippen LogP contribution in [-0.2, 0) is 22.0 Å². The van der Waals surface area contributed by atoms with Crippen molar-refractivity contribution in [2.24, 2.45) is 0 Å². The van der Waals surface area contributed by atoms with E-state index in [-0.39, 0.29) is 16.7 Å². The molecule has 0 atom stereocenters. The number of carbonyl (C=O) groups is 1. The molecule has 4 nitrogen and oxygen atoms in total. The van der Waals surface area contributed by atoms with Crippen molar-refractivity contribution in [2.45, 2.75) is 124 Å². The number of unbranched alkanes of at least 4 members (excludes halogenated alkanes) is 7. The molecule has 0 saturated carbocycles. The molecule has 0 aliphatic rings. The summed E-state index contributed by atoms with van der Waals surface area (Å²) >= 11 is 0. The van der Waals surface area contributed by atoms with Crippen molar-refractivity contribution >= 4 is 11.6 Å². The summed E-state index contributed by atoms with van der Waals surface area (Å²) < 4.78 is 5.87. The van der Waals surface area contributed by atoms with Crippen molar-refractivity contribution in [1.29, 1.82) is 0 Å². The van der Waals surface area contributed by atoms with Crippen LogP contribution in [0.1, 0.15) is 123 Å². The molecule has 2 N–H and O–H groups in total. The van der Waals surface area contributed by atoms with Crippen LogP contribution in [0.15, 0.2) is 36.4 Å². The lowest BCUT2D eigenvalue weighted by molar-refractivity contribution is -0.116. The summed E-state index contributed by atoms with van der Waals surface area (Å²) in [6, 6.07) is 11.7. The third-order valence-electron chi connectivity index (χ3n) is 6.83. The molecule has 0 bridgehead atoms. The molecule has 0 spiro atoms. The highest BCUT2D eigenvalue weighted by molar-refractivity contribution is 5.90. The first-order valence-electron chi connectivity index (χ1n) is 14.3. The average Bonchev–Trinajstić information content (AvgIpc) is 2.82. The zero-order valence-corrected chi connectivity index (χ0v) is 24.5. The summed E-state index contributed by atoms with van der Waals surface area (Å²) in [6.07, 6.45) is 11.3. The van der Waals surface area contributed by atoms with Gasteiger partial charge in [-0.2, -0.15) is 0 Å². The molecule has 4 heteroatoms. The topological polar surface area (TPSA) is 58.6 Å². The van der Waals surface area contributed by atoms with E-state index in [1.165, 1.54) is 44.9 Å². The number of carbonyl (C=O) groups excluding carboxylic acids is 1. The number of aromatic hydroxyl groups is 1. The molecule has 2 aromatic carbocycles. The molecule has 2 rings (SSSR count). The number of amides is 1. The largest absolute Gasteiger partial charge is 0.507 e. The van der Waals surface area contributed by atoms with Gasteiger partial charge in [-0.25, -0.2) is 0 Å². The highest BCUT2D eigenvalue weighted by atomic mass is 16.5. The number of benzene rings is 2. The van der Waals surface area contributed by atoms with E-state index in [9.17, 15) is 9.90 Å². The number of phenols is 1. The summed E-state index contributed by atoms with van der Waals surface area (Å²) in [6.45, 7) is 15.6. The molecule has 0 unspecified atom stereocenters. The van der Waals surface area contributed by atoms with Crippen LogP contribution < -0.4 is 10.1 Å². The van der Waals surface area contributed by atoms with Gasteiger partial charge in [-0.1, -0.05) is 106 Å². The van der Waals surface area contributed by atoms with Gasteiger partial charge in [0.1, 0.15) is 11.5 Å². The number of aryl methyl sites for hydroxylation is 1. The number of ether oxygens (including phenoxy) is 1. The smallest absolute Gasteiger partial charge is 0.224 e. The molecule has 0 saturated heterocycles. The summed E-state index contributed by atoms with van der Waals surface area (Å²) in [7, 11) is 0. The van der Waals surface area contributed by atoms with Crippen LogP contribution in [0.4, 0.5) is 5.69 Å². The highest BCUT2D eigenvalue weighted by Crippen LogP contribution is 2.40. The van der Waals surface area contributed by atoms with Gasteiger partial charge in [0.25, 0.3) is 0 Å². The van der Waals surface area contributed by atoms with Gasteiger partial charge in [-0.15, -0.1) is 0 Å². The van der Waals surface area contributed by atoms with Crippen molar-refractivity contribution in [3.63, 3.8) is 0 Å². The summed E-state index contributed by atoms with van der Waals surface area (Å²) in [5, 5.41) is 13.9. The third kappa shape index (κ3) is 10.8. The van der Waals surface area contributed by atoms with Gasteiger partial charge in [0, 0.05) is 12.1 Å². The number of hydrogen-bond acceptors (Lipinski definition) is 3. The average molecular weight is 510 g/mol. The molecule has 206 valence electrons. The van der Waals surface area contributed by atoms with Gasteiger partial charge in [0.2, 0.25) is 5.91 Å². The van der Waals surface area contributed by atoms with E-state index in [1.54, 1.807) is 0 Å². The Morgan fingerprint density at radius 2 is 1.32 bits per heavy atom. The van der Waals surface area contributed by atoms with Crippen molar-refractivity contribution in [1.82, 2.24) is 0 Å². The third-order valence-corrected chi connectivity index (χ3v) is 6.83. The van der Waals surface area contributed by atoms with Crippen LogP contribution >= 0.6 is 0 Å². The Kier molecular flexibility index (Phi) is 12.0. The maximum absolute atomic E-state index is 12.7. The van der Waals surface area contributed by atoms with Gasteiger partial charge in [0.05, 0.1) is 6.61 Å². The van der Waals surface area contributed by atoms with Gasteiger partial charge in [-0.05, 0) is 64.6 Å². The second-order valence-corrected chi connectivity index (χ2v) is 12.4. The van der Waals surface area contributed by atoms with E-state index >= 15 is 0 Å². The van der Waals surface area contributed by atoms with Crippen molar-refractivity contribution < 1.29 is 14.6 Å². The molecule has 0 radical (unpaired) electrons. The Labute approximate surface area is 226 Å². The fourth-order valence-corrected chi connectivity index (χ4v) is 4.52. The summed E-state index contributed by atoms with van der Waals surface area (Å²) in [5.74, 6) is 1.20. The van der Waals surface area contributed by atoms with Crippen molar-refractivity contribution in [2.75, 3.05) is 11.9 Å². The maximum atomic E-state index is 12.7.